The molecule has 4 N–H and O–H groups in total. The molecule has 0 spiro atoms. The number of rotatable bonds is 10. The lowest BCUT2D eigenvalue weighted by atomic mass is 9.32. The highest BCUT2D eigenvalue weighted by Crippen LogP contribution is 2.77. The molecule has 9 atom stereocenters. The fourth-order valence-corrected chi connectivity index (χ4v) is 13.6. The average molecular weight is 709 g/mol. The number of hydrogen-bond acceptors (Lipinski definition) is 5. The number of carboxylic acids is 1. The fourth-order valence-electron chi connectivity index (χ4n) is 13.2. The van der Waals surface area contributed by atoms with Gasteiger partial charge in [-0.15, -0.1) is 0 Å². The molecule has 1 amide bonds. The molecule has 4 saturated carbocycles. The molecule has 0 bridgehead atoms. The summed E-state index contributed by atoms with van der Waals surface area (Å²) in [5.41, 5.74) is 3.94. The summed E-state index contributed by atoms with van der Waals surface area (Å²) in [4.78, 5) is 25.8. The van der Waals surface area contributed by atoms with Gasteiger partial charge in [-0.1, -0.05) is 65.0 Å². The van der Waals surface area contributed by atoms with Gasteiger partial charge in [0.05, 0.1) is 16.7 Å². The molecule has 50 heavy (non-hydrogen) atoms. The molecule has 0 unspecified atom stereocenters. The lowest BCUT2D eigenvalue weighted by Crippen LogP contribution is -2.66. The van der Waals surface area contributed by atoms with Crippen molar-refractivity contribution in [2.24, 2.45) is 56.7 Å². The second-order valence-corrected chi connectivity index (χ2v) is 19.6. The highest BCUT2D eigenvalue weighted by atomic mass is 32.2. The largest absolute Gasteiger partial charge is 0.478 e. The first-order valence-electron chi connectivity index (χ1n) is 19.0. The predicted octanol–water partition coefficient (Wildman–Crippen LogP) is 7.63. The van der Waals surface area contributed by atoms with E-state index in [1.54, 1.807) is 12.1 Å². The minimum atomic E-state index is -4.01. The quantitative estimate of drug-likeness (QED) is 0.112. The molecule has 9 heteroatoms. The van der Waals surface area contributed by atoms with Gasteiger partial charge < -0.3 is 15.7 Å². The van der Waals surface area contributed by atoms with E-state index in [-0.39, 0.29) is 45.8 Å². The second kappa shape index (κ2) is 12.9. The molecular weight excluding hydrogens is 649 g/mol. The monoisotopic (exact) mass is 708 g/mol. The Balaban J connectivity index is 1.25. The predicted molar refractivity (Wildman–Crippen MR) is 198 cm³/mol. The molecule has 0 aliphatic heterocycles. The van der Waals surface area contributed by atoms with Crippen molar-refractivity contribution in [3.05, 3.63) is 53.6 Å². The van der Waals surface area contributed by atoms with Gasteiger partial charge in [-0.25, -0.2) is 4.79 Å². The number of amides is 1. The number of allylic oxidation sites excluding steroid dienone is 3. The van der Waals surface area contributed by atoms with Crippen molar-refractivity contribution in [1.82, 2.24) is 10.6 Å². The van der Waals surface area contributed by atoms with Crippen LogP contribution in [-0.2, 0) is 14.9 Å². The molecular formula is C41H60N2O6S. The zero-order valence-corrected chi connectivity index (χ0v) is 31.9. The Hall–Kier alpha value is -2.49. The zero-order chi connectivity index (χ0) is 36.5. The number of carboxylic acid groups (broad SMARTS) is 1. The van der Waals surface area contributed by atoms with E-state index in [0.29, 0.717) is 42.3 Å². The number of benzene rings is 1. The molecule has 0 radical (unpaired) electrons. The van der Waals surface area contributed by atoms with Crippen molar-refractivity contribution < 1.29 is 27.7 Å². The van der Waals surface area contributed by atoms with Crippen LogP contribution in [0.15, 0.2) is 42.5 Å². The summed E-state index contributed by atoms with van der Waals surface area (Å²) in [6.45, 7) is 20.2. The molecule has 8 nitrogen and oxygen atoms in total. The number of nitrogens with one attached hydrogen (secondary N) is 2. The van der Waals surface area contributed by atoms with Crippen molar-refractivity contribution in [3.63, 3.8) is 0 Å². The summed E-state index contributed by atoms with van der Waals surface area (Å²) in [7, 11) is -4.01. The van der Waals surface area contributed by atoms with Crippen LogP contribution in [0.5, 0.6) is 0 Å². The maximum atomic E-state index is 14.3. The van der Waals surface area contributed by atoms with Gasteiger partial charge in [0.15, 0.2) is 0 Å². The van der Waals surface area contributed by atoms with Crippen LogP contribution in [0.3, 0.4) is 0 Å². The standard InChI is InChI=1S/C41H60N2O6S/c1-26(2)29-14-19-41(36(46)43-23-22-42-24-25-50(47,48)49)21-20-39(6)31(34(29)41)12-13-33-38(5)17-15-30(27-8-10-28(11-9-27)35(44)45)37(3,4)32(38)16-18-40(33,39)7/h8-11,15,29,31-34,42H,1,12-14,16-25H2,2-7H3,(H,43,46)(H,44,45)(H,47,48,49)/t29-,31+,32-,33+,34+,38-,39+,40+,41-/m0/s1. The van der Waals surface area contributed by atoms with Crippen LogP contribution in [0.4, 0.5) is 0 Å². The van der Waals surface area contributed by atoms with Gasteiger partial charge in [-0.05, 0) is 139 Å². The normalized spacial score (nSPS) is 38.9. The molecule has 5 aliphatic carbocycles. The van der Waals surface area contributed by atoms with E-state index in [2.05, 4.69) is 64.8 Å². The molecule has 0 aromatic heterocycles. The zero-order valence-electron chi connectivity index (χ0n) is 31.1. The Morgan fingerprint density at radius 2 is 1.58 bits per heavy atom. The van der Waals surface area contributed by atoms with E-state index in [1.807, 2.05) is 12.1 Å². The van der Waals surface area contributed by atoms with E-state index >= 15 is 0 Å². The molecule has 6 rings (SSSR count). The summed E-state index contributed by atoms with van der Waals surface area (Å²) < 4.78 is 31.2. The maximum Gasteiger partial charge on any atom is 0.335 e. The van der Waals surface area contributed by atoms with Gasteiger partial charge in [0, 0.05) is 19.6 Å². The highest BCUT2D eigenvalue weighted by molar-refractivity contribution is 7.85. The number of hydrogen-bond donors (Lipinski definition) is 4. The lowest BCUT2D eigenvalue weighted by Gasteiger charge is -2.72. The summed E-state index contributed by atoms with van der Waals surface area (Å²) in [6, 6.07) is 7.45. The molecule has 276 valence electrons. The van der Waals surface area contributed by atoms with Crippen LogP contribution in [0.1, 0.15) is 115 Å². The summed E-state index contributed by atoms with van der Waals surface area (Å²) >= 11 is 0. The van der Waals surface area contributed by atoms with E-state index in [1.165, 1.54) is 24.0 Å². The van der Waals surface area contributed by atoms with Crippen molar-refractivity contribution in [2.45, 2.75) is 99.3 Å². The van der Waals surface area contributed by atoms with E-state index in [4.69, 9.17) is 4.55 Å². The molecule has 0 heterocycles. The number of carbonyl (C=O) groups excluding carboxylic acids is 1. The molecule has 1 aromatic rings. The average Bonchev–Trinajstić information content (AvgIpc) is 3.44. The van der Waals surface area contributed by atoms with Gasteiger partial charge in [0.25, 0.3) is 10.1 Å². The van der Waals surface area contributed by atoms with Gasteiger partial charge in [0.2, 0.25) is 5.91 Å². The lowest BCUT2D eigenvalue weighted by molar-refractivity contribution is -0.225. The first-order valence-corrected chi connectivity index (χ1v) is 20.6. The van der Waals surface area contributed by atoms with Crippen LogP contribution in [-0.4, -0.2) is 55.3 Å². The maximum absolute atomic E-state index is 14.3. The molecule has 0 saturated heterocycles. The van der Waals surface area contributed by atoms with Crippen molar-refractivity contribution >= 4 is 27.6 Å². The third-order valence-electron chi connectivity index (χ3n) is 15.7. The van der Waals surface area contributed by atoms with Crippen LogP contribution in [0, 0.1) is 56.7 Å². The Morgan fingerprint density at radius 3 is 2.22 bits per heavy atom. The SMILES string of the molecule is C=C(C)[C@@H]1CC[C@]2(C(=O)NCCNCCS(=O)(=O)O)CC[C@]3(C)[C@H](CC[C@@H]4[C@@]5(C)CC=C(c6ccc(C(=O)O)cc6)C(C)(C)[C@@H]5CC[C@]43C)[C@@H]12. The van der Waals surface area contributed by atoms with Gasteiger partial charge in [-0.3, -0.25) is 9.35 Å². The summed E-state index contributed by atoms with van der Waals surface area (Å²) in [5, 5.41) is 15.7. The van der Waals surface area contributed by atoms with E-state index in [0.717, 1.165) is 50.5 Å². The summed E-state index contributed by atoms with van der Waals surface area (Å²) in [6.07, 6.45) is 12.0. The van der Waals surface area contributed by atoms with Crippen molar-refractivity contribution in [3.8, 4) is 0 Å². The van der Waals surface area contributed by atoms with Gasteiger partial charge in [0.1, 0.15) is 0 Å². The van der Waals surface area contributed by atoms with Gasteiger partial charge >= 0.3 is 5.97 Å². The Bertz CT molecular complexity index is 1670. The molecule has 5 aliphatic rings. The first-order chi connectivity index (χ1) is 23.3. The number of aromatic carboxylic acids is 1. The molecule has 1 aromatic carbocycles. The fraction of sp³-hybridized carbons (Fsp3) is 0.707. The third kappa shape index (κ3) is 5.82. The summed E-state index contributed by atoms with van der Waals surface area (Å²) in [5.74, 6) is 1.03. The minimum absolute atomic E-state index is 0.0473. The van der Waals surface area contributed by atoms with Crippen molar-refractivity contribution in [1.29, 1.82) is 0 Å². The van der Waals surface area contributed by atoms with Crippen LogP contribution in [0.2, 0.25) is 0 Å². The number of fused-ring (bicyclic) bond motifs is 7. The van der Waals surface area contributed by atoms with E-state index < -0.39 is 21.5 Å². The Morgan fingerprint density at radius 1 is 0.880 bits per heavy atom. The molecule has 4 fully saturated rings. The third-order valence-corrected chi connectivity index (χ3v) is 16.4. The van der Waals surface area contributed by atoms with Crippen molar-refractivity contribution in [2.75, 3.05) is 25.4 Å². The number of carbonyl (C=O) groups is 2. The smallest absolute Gasteiger partial charge is 0.335 e. The second-order valence-electron chi connectivity index (χ2n) is 18.1. The van der Waals surface area contributed by atoms with Crippen LogP contribution < -0.4 is 10.6 Å². The topological polar surface area (TPSA) is 133 Å². The van der Waals surface area contributed by atoms with Crippen LogP contribution in [0.25, 0.3) is 5.57 Å². The van der Waals surface area contributed by atoms with Crippen LogP contribution >= 0.6 is 0 Å². The first kappa shape index (κ1) is 37.3. The van der Waals surface area contributed by atoms with E-state index in [9.17, 15) is 23.1 Å². The van der Waals surface area contributed by atoms with Gasteiger partial charge in [-0.2, -0.15) is 8.42 Å². The Labute approximate surface area is 300 Å². The minimum Gasteiger partial charge on any atom is -0.478 e. The Kier molecular flexibility index (Phi) is 9.60. The highest BCUT2D eigenvalue weighted by Gasteiger charge is 2.71.